The van der Waals surface area contributed by atoms with Gasteiger partial charge in [-0.2, -0.15) is 0 Å². The lowest BCUT2D eigenvalue weighted by atomic mass is 9.99. The average Bonchev–Trinajstić information content (AvgIpc) is 3.05. The largest absolute Gasteiger partial charge is 0.481 e. The van der Waals surface area contributed by atoms with E-state index < -0.39 is 17.5 Å². The van der Waals surface area contributed by atoms with Crippen molar-refractivity contribution in [3.63, 3.8) is 0 Å². The number of aldehydes is 1. The van der Waals surface area contributed by atoms with E-state index in [-0.39, 0.29) is 0 Å². The molecular formula is C13H14O4. The van der Waals surface area contributed by atoms with Crippen molar-refractivity contribution in [1.82, 2.24) is 0 Å². The quantitative estimate of drug-likeness (QED) is 0.789. The lowest BCUT2D eigenvalue weighted by Gasteiger charge is -2.18. The van der Waals surface area contributed by atoms with E-state index in [4.69, 9.17) is 9.84 Å². The van der Waals surface area contributed by atoms with Gasteiger partial charge in [0.05, 0.1) is 5.92 Å². The van der Waals surface area contributed by atoms with Gasteiger partial charge < -0.3 is 9.84 Å². The molecule has 1 N–H and O–H groups in total. The van der Waals surface area contributed by atoms with Crippen LogP contribution in [0.5, 0.6) is 0 Å². The van der Waals surface area contributed by atoms with Gasteiger partial charge in [0.2, 0.25) is 0 Å². The number of carboxylic acid groups (broad SMARTS) is 1. The predicted octanol–water partition coefficient (Wildman–Crippen LogP) is 1.84. The first-order valence-electron chi connectivity index (χ1n) is 5.57. The predicted molar refractivity (Wildman–Crippen MR) is 60.9 cm³/mol. The highest BCUT2D eigenvalue weighted by Crippen LogP contribution is 2.56. The fourth-order valence-corrected chi connectivity index (χ4v) is 2.31. The number of hydrogen-bond acceptors (Lipinski definition) is 3. The van der Waals surface area contributed by atoms with E-state index in [1.807, 2.05) is 6.92 Å². The third kappa shape index (κ3) is 1.85. The lowest BCUT2D eigenvalue weighted by Crippen LogP contribution is -2.20. The molecule has 0 spiro atoms. The topological polar surface area (TPSA) is 63.6 Å². The number of carbonyl (C=O) groups excluding carboxylic acids is 1. The molecular weight excluding hydrogens is 220 g/mol. The van der Waals surface area contributed by atoms with Gasteiger partial charge in [0, 0.05) is 12.2 Å². The summed E-state index contributed by atoms with van der Waals surface area (Å²) in [5.74, 6) is -1.43. The Labute approximate surface area is 99.2 Å². The summed E-state index contributed by atoms with van der Waals surface area (Å²) in [5, 5.41) is 9.07. The smallest absolute Gasteiger partial charge is 0.309 e. The van der Waals surface area contributed by atoms with Crippen LogP contribution in [0.3, 0.4) is 0 Å². The molecule has 0 saturated heterocycles. The second kappa shape index (κ2) is 4.30. The van der Waals surface area contributed by atoms with E-state index in [1.165, 1.54) is 0 Å². The number of benzene rings is 1. The van der Waals surface area contributed by atoms with Crippen molar-refractivity contribution in [1.29, 1.82) is 0 Å². The van der Waals surface area contributed by atoms with E-state index in [1.54, 1.807) is 24.3 Å². The summed E-state index contributed by atoms with van der Waals surface area (Å²) < 4.78 is 5.60. The number of aliphatic carboxylic acids is 1. The van der Waals surface area contributed by atoms with Gasteiger partial charge in [0.25, 0.3) is 0 Å². The second-order valence-electron chi connectivity index (χ2n) is 4.12. The Bertz CT molecular complexity index is 454. The van der Waals surface area contributed by atoms with Crippen LogP contribution in [0.15, 0.2) is 24.3 Å². The summed E-state index contributed by atoms with van der Waals surface area (Å²) in [6.07, 6.45) is 1.17. The first kappa shape index (κ1) is 11.8. The van der Waals surface area contributed by atoms with Crippen molar-refractivity contribution in [2.75, 3.05) is 6.61 Å². The van der Waals surface area contributed by atoms with Crippen molar-refractivity contribution in [2.24, 2.45) is 5.92 Å². The van der Waals surface area contributed by atoms with Gasteiger partial charge in [0.15, 0.2) is 0 Å². The first-order valence-corrected chi connectivity index (χ1v) is 5.57. The maximum Gasteiger partial charge on any atom is 0.309 e. The molecule has 1 fully saturated rings. The van der Waals surface area contributed by atoms with Crippen molar-refractivity contribution in [2.45, 2.75) is 18.9 Å². The maximum absolute atomic E-state index is 11.1. The number of rotatable bonds is 5. The summed E-state index contributed by atoms with van der Waals surface area (Å²) in [6, 6.07) is 6.99. The van der Waals surface area contributed by atoms with Gasteiger partial charge >= 0.3 is 5.97 Å². The Hall–Kier alpha value is -1.68. The van der Waals surface area contributed by atoms with Crippen LogP contribution in [0.1, 0.15) is 29.3 Å². The molecule has 0 aromatic heterocycles. The molecule has 0 heterocycles. The fourth-order valence-electron chi connectivity index (χ4n) is 2.31. The number of hydrogen-bond donors (Lipinski definition) is 1. The zero-order valence-corrected chi connectivity index (χ0v) is 9.55. The summed E-state index contributed by atoms with van der Waals surface area (Å²) in [4.78, 5) is 22.0. The summed E-state index contributed by atoms with van der Waals surface area (Å²) in [5.41, 5.74) is 0.381. The van der Waals surface area contributed by atoms with Gasteiger partial charge in [-0.3, -0.25) is 9.59 Å². The molecule has 0 radical (unpaired) electrons. The van der Waals surface area contributed by atoms with Crippen LogP contribution in [-0.2, 0) is 15.1 Å². The molecule has 1 aliphatic carbocycles. The Balaban J connectivity index is 2.42. The van der Waals surface area contributed by atoms with Crippen LogP contribution < -0.4 is 0 Å². The summed E-state index contributed by atoms with van der Waals surface area (Å²) >= 11 is 0. The normalized spacial score (nSPS) is 26.5. The molecule has 90 valence electrons. The number of ether oxygens (including phenoxy) is 1. The van der Waals surface area contributed by atoms with E-state index in [2.05, 4.69) is 0 Å². The molecule has 4 nitrogen and oxygen atoms in total. The number of carbonyl (C=O) groups is 2. The van der Waals surface area contributed by atoms with E-state index >= 15 is 0 Å². The zero-order valence-electron chi connectivity index (χ0n) is 9.55. The van der Waals surface area contributed by atoms with Crippen molar-refractivity contribution < 1.29 is 19.4 Å². The fraction of sp³-hybridized carbons (Fsp3) is 0.385. The molecule has 1 aromatic rings. The SMILES string of the molecule is CCO[C@@]1(c2ccccc2C=O)C[C@@H]1C(=O)O. The molecule has 2 rings (SSSR count). The standard InChI is InChI=1S/C13H14O4/c1-2-17-13(7-11(13)12(15)16)10-6-4-3-5-9(10)8-14/h3-6,8,11H,2,7H2,1H3,(H,15,16)/t11-,13-/m1/s1. The summed E-state index contributed by atoms with van der Waals surface area (Å²) in [7, 11) is 0. The van der Waals surface area contributed by atoms with E-state index in [0.717, 1.165) is 6.29 Å². The first-order chi connectivity index (χ1) is 8.15. The van der Waals surface area contributed by atoms with Crippen LogP contribution in [0, 0.1) is 5.92 Å². The molecule has 1 aromatic carbocycles. The van der Waals surface area contributed by atoms with Crippen molar-refractivity contribution >= 4 is 12.3 Å². The summed E-state index contributed by atoms with van der Waals surface area (Å²) in [6.45, 7) is 2.25. The average molecular weight is 234 g/mol. The van der Waals surface area contributed by atoms with Crippen LogP contribution in [-0.4, -0.2) is 24.0 Å². The van der Waals surface area contributed by atoms with Crippen molar-refractivity contribution in [3.05, 3.63) is 35.4 Å². The van der Waals surface area contributed by atoms with Gasteiger partial charge in [-0.15, -0.1) is 0 Å². The van der Waals surface area contributed by atoms with Crippen molar-refractivity contribution in [3.8, 4) is 0 Å². The zero-order chi connectivity index (χ0) is 12.5. The Morgan fingerprint density at radius 1 is 1.59 bits per heavy atom. The van der Waals surface area contributed by atoms with Gasteiger partial charge in [0.1, 0.15) is 11.9 Å². The van der Waals surface area contributed by atoms with Crippen LogP contribution >= 0.6 is 0 Å². The lowest BCUT2D eigenvalue weighted by molar-refractivity contribution is -0.141. The Kier molecular flexibility index (Phi) is 2.98. The maximum atomic E-state index is 11.1. The molecule has 1 saturated carbocycles. The molecule has 2 atom stereocenters. The Morgan fingerprint density at radius 3 is 2.82 bits per heavy atom. The highest BCUT2D eigenvalue weighted by atomic mass is 16.5. The molecule has 17 heavy (non-hydrogen) atoms. The minimum Gasteiger partial charge on any atom is -0.481 e. The van der Waals surface area contributed by atoms with Crippen LogP contribution in [0.25, 0.3) is 0 Å². The molecule has 4 heteroatoms. The Morgan fingerprint density at radius 2 is 2.29 bits per heavy atom. The molecule has 0 amide bonds. The molecule has 0 bridgehead atoms. The van der Waals surface area contributed by atoms with Gasteiger partial charge in [-0.05, 0) is 18.9 Å². The van der Waals surface area contributed by atoms with Crippen LogP contribution in [0.2, 0.25) is 0 Å². The highest BCUT2D eigenvalue weighted by Gasteiger charge is 2.61. The molecule has 0 aliphatic heterocycles. The molecule has 0 unspecified atom stereocenters. The van der Waals surface area contributed by atoms with Crippen LogP contribution in [0.4, 0.5) is 0 Å². The van der Waals surface area contributed by atoms with Gasteiger partial charge in [-0.1, -0.05) is 24.3 Å². The second-order valence-corrected chi connectivity index (χ2v) is 4.12. The third-order valence-electron chi connectivity index (χ3n) is 3.15. The number of carboxylic acids is 1. The van der Waals surface area contributed by atoms with Gasteiger partial charge in [-0.25, -0.2) is 0 Å². The monoisotopic (exact) mass is 234 g/mol. The highest BCUT2D eigenvalue weighted by molar-refractivity contribution is 5.82. The minimum absolute atomic E-state index is 0.428. The van der Waals surface area contributed by atoms with E-state index in [0.29, 0.717) is 24.2 Å². The third-order valence-corrected chi connectivity index (χ3v) is 3.15. The molecule has 1 aliphatic rings. The van der Waals surface area contributed by atoms with E-state index in [9.17, 15) is 9.59 Å². The minimum atomic E-state index is -0.876.